The van der Waals surface area contributed by atoms with Gasteiger partial charge in [-0.05, 0) is 18.2 Å². The molecule has 0 radical (unpaired) electrons. The normalized spacial score (nSPS) is 12.6. The fraction of sp³-hybridized carbons (Fsp3) is 0.250. The summed E-state index contributed by atoms with van der Waals surface area (Å²) in [4.78, 5) is 14.0. The molecule has 0 saturated carbocycles. The van der Waals surface area contributed by atoms with Crippen molar-refractivity contribution in [3.8, 4) is 0 Å². The molecule has 2 aromatic rings. The Morgan fingerprint density at radius 3 is 2.42 bits per heavy atom. The molecule has 0 unspecified atom stereocenters. The second kappa shape index (κ2) is 6.80. The first-order chi connectivity index (χ1) is 11.0. The average Bonchev–Trinajstić information content (AvgIpc) is 2.82. The van der Waals surface area contributed by atoms with Gasteiger partial charge in [-0.3, -0.25) is 4.79 Å². The Bertz CT molecular complexity index is 998. The zero-order chi connectivity index (χ0) is 18.1. The Kier molecular flexibility index (Phi) is 5.34. The first-order valence-electron chi connectivity index (χ1n) is 6.56. The second-order valence-electron chi connectivity index (χ2n) is 4.95. The molecule has 1 heterocycles. The van der Waals surface area contributed by atoms with Gasteiger partial charge in [0.25, 0.3) is 5.91 Å². The molecule has 1 aromatic heterocycles. The van der Waals surface area contributed by atoms with Gasteiger partial charge in [0, 0.05) is 28.5 Å². The average molecular weight is 439 g/mol. The van der Waals surface area contributed by atoms with E-state index >= 15 is 0 Å². The van der Waals surface area contributed by atoms with E-state index in [4.69, 9.17) is 5.73 Å². The van der Waals surface area contributed by atoms with Crippen LogP contribution in [-0.4, -0.2) is 47.1 Å². The van der Waals surface area contributed by atoms with E-state index in [1.54, 1.807) is 18.2 Å². The third kappa shape index (κ3) is 4.33. The SMILES string of the molecule is CS(=O)(=O)NCCNS(=O)(=O)c1c(C(N)=O)[nH]c2ccc(Br)cc12. The molecule has 24 heavy (non-hydrogen) atoms. The largest absolute Gasteiger partial charge is 0.364 e. The van der Waals surface area contributed by atoms with Gasteiger partial charge in [0.05, 0.1) is 6.26 Å². The summed E-state index contributed by atoms with van der Waals surface area (Å²) >= 11 is 3.24. The third-order valence-electron chi connectivity index (χ3n) is 3.01. The van der Waals surface area contributed by atoms with Crippen LogP contribution in [0.15, 0.2) is 27.6 Å². The molecule has 0 aliphatic carbocycles. The van der Waals surface area contributed by atoms with Crippen molar-refractivity contribution in [2.45, 2.75) is 4.90 Å². The van der Waals surface area contributed by atoms with Crippen LogP contribution in [0.3, 0.4) is 0 Å². The van der Waals surface area contributed by atoms with Crippen LogP contribution in [0.25, 0.3) is 10.9 Å². The zero-order valence-corrected chi connectivity index (χ0v) is 15.7. The van der Waals surface area contributed by atoms with Crippen LogP contribution >= 0.6 is 15.9 Å². The number of benzene rings is 1. The Labute approximate surface area is 147 Å². The molecule has 0 saturated heterocycles. The Hall–Kier alpha value is -1.47. The van der Waals surface area contributed by atoms with Crippen LogP contribution in [0.1, 0.15) is 10.5 Å². The first-order valence-corrected chi connectivity index (χ1v) is 10.7. The number of aromatic nitrogens is 1. The van der Waals surface area contributed by atoms with Gasteiger partial charge >= 0.3 is 0 Å². The van der Waals surface area contributed by atoms with Crippen molar-refractivity contribution in [3.05, 3.63) is 28.4 Å². The molecule has 0 spiro atoms. The van der Waals surface area contributed by atoms with Gasteiger partial charge < -0.3 is 10.7 Å². The molecule has 1 amide bonds. The van der Waals surface area contributed by atoms with Crippen LogP contribution in [-0.2, 0) is 20.0 Å². The number of nitrogens with one attached hydrogen (secondary N) is 3. The standard InChI is InChI=1S/C12H15BrN4O5S2/c1-23(19,20)15-4-5-16-24(21,22)11-8-6-7(13)2-3-9(8)17-10(11)12(14)18/h2-3,6,15-17H,4-5H2,1H3,(H2,14,18). The summed E-state index contributed by atoms with van der Waals surface area (Å²) < 4.78 is 52.1. The van der Waals surface area contributed by atoms with Gasteiger partial charge in [-0.25, -0.2) is 26.3 Å². The maximum absolute atomic E-state index is 12.5. The van der Waals surface area contributed by atoms with Crippen molar-refractivity contribution in [1.82, 2.24) is 14.4 Å². The first kappa shape index (κ1) is 18.9. The van der Waals surface area contributed by atoms with Crippen molar-refractivity contribution in [1.29, 1.82) is 0 Å². The lowest BCUT2D eigenvalue weighted by atomic mass is 10.2. The van der Waals surface area contributed by atoms with E-state index < -0.39 is 26.0 Å². The van der Waals surface area contributed by atoms with Crippen LogP contribution in [0, 0.1) is 0 Å². The maximum atomic E-state index is 12.5. The predicted octanol–water partition coefficient (Wildman–Crippen LogP) is -0.143. The van der Waals surface area contributed by atoms with E-state index in [1.807, 2.05) is 0 Å². The van der Waals surface area contributed by atoms with E-state index in [-0.39, 0.29) is 23.7 Å². The predicted molar refractivity (Wildman–Crippen MR) is 92.6 cm³/mol. The zero-order valence-electron chi connectivity index (χ0n) is 12.5. The lowest BCUT2D eigenvalue weighted by Gasteiger charge is -2.08. The summed E-state index contributed by atoms with van der Waals surface area (Å²) in [5.74, 6) is -0.919. The molecule has 0 aliphatic rings. The van der Waals surface area contributed by atoms with Crippen molar-refractivity contribution in [2.24, 2.45) is 5.73 Å². The fourth-order valence-corrected chi connectivity index (χ4v) is 4.31. The third-order valence-corrected chi connectivity index (χ3v) is 5.78. The Morgan fingerprint density at radius 2 is 1.83 bits per heavy atom. The molecule has 5 N–H and O–H groups in total. The number of rotatable bonds is 7. The summed E-state index contributed by atoms with van der Waals surface area (Å²) in [6, 6.07) is 4.83. The van der Waals surface area contributed by atoms with Crippen molar-refractivity contribution in [2.75, 3.05) is 19.3 Å². The lowest BCUT2D eigenvalue weighted by Crippen LogP contribution is -2.34. The molecule has 0 atom stereocenters. The monoisotopic (exact) mass is 438 g/mol. The molecule has 0 aliphatic heterocycles. The molecule has 0 fully saturated rings. The summed E-state index contributed by atoms with van der Waals surface area (Å²) in [6.45, 7) is -0.315. The van der Waals surface area contributed by atoms with Crippen molar-refractivity contribution in [3.63, 3.8) is 0 Å². The highest BCUT2D eigenvalue weighted by Gasteiger charge is 2.26. The number of sulfonamides is 2. The number of H-pyrrole nitrogens is 1. The quantitative estimate of drug-likeness (QED) is 0.443. The minimum absolute atomic E-state index is 0.129. The highest BCUT2D eigenvalue weighted by atomic mass is 79.9. The van der Waals surface area contributed by atoms with Crippen LogP contribution < -0.4 is 15.2 Å². The number of aromatic amines is 1. The molecule has 12 heteroatoms. The molecule has 132 valence electrons. The van der Waals surface area contributed by atoms with Gasteiger partial charge in [0.15, 0.2) is 0 Å². The van der Waals surface area contributed by atoms with E-state index in [1.165, 1.54) is 0 Å². The van der Waals surface area contributed by atoms with Crippen LogP contribution in [0.5, 0.6) is 0 Å². The van der Waals surface area contributed by atoms with Crippen molar-refractivity contribution < 1.29 is 21.6 Å². The van der Waals surface area contributed by atoms with Gasteiger partial charge in [-0.2, -0.15) is 0 Å². The summed E-state index contributed by atoms with van der Waals surface area (Å²) in [5.41, 5.74) is 5.45. The Balaban J connectivity index is 2.40. The number of amides is 1. The van der Waals surface area contributed by atoms with E-state index in [0.29, 0.717) is 15.4 Å². The number of primary amides is 1. The van der Waals surface area contributed by atoms with Gasteiger partial charge in [0.2, 0.25) is 20.0 Å². The number of carbonyl (C=O) groups excluding carboxylic acids is 1. The lowest BCUT2D eigenvalue weighted by molar-refractivity contribution is 0.0993. The van der Waals surface area contributed by atoms with Gasteiger partial charge in [0.1, 0.15) is 10.6 Å². The number of hydrogen-bond acceptors (Lipinski definition) is 5. The molecule has 9 nitrogen and oxygen atoms in total. The second-order valence-corrected chi connectivity index (χ2v) is 9.40. The molecule has 2 rings (SSSR count). The fourth-order valence-electron chi connectivity index (χ4n) is 2.09. The van der Waals surface area contributed by atoms with E-state index in [0.717, 1.165) is 6.26 Å². The smallest absolute Gasteiger partial charge is 0.266 e. The minimum Gasteiger partial charge on any atom is -0.364 e. The molecule has 1 aromatic carbocycles. The van der Waals surface area contributed by atoms with Crippen LogP contribution in [0.2, 0.25) is 0 Å². The van der Waals surface area contributed by atoms with E-state index in [9.17, 15) is 21.6 Å². The summed E-state index contributed by atoms with van der Waals surface area (Å²) in [5, 5.41) is 0.293. The highest BCUT2D eigenvalue weighted by Crippen LogP contribution is 2.29. The van der Waals surface area contributed by atoms with Gasteiger partial charge in [-0.15, -0.1) is 0 Å². The molecular weight excluding hydrogens is 424 g/mol. The maximum Gasteiger partial charge on any atom is 0.266 e. The number of hydrogen-bond donors (Lipinski definition) is 4. The number of halogens is 1. The number of nitrogens with two attached hydrogens (primary N) is 1. The Morgan fingerprint density at radius 1 is 1.21 bits per heavy atom. The minimum atomic E-state index is -4.09. The summed E-state index contributed by atoms with van der Waals surface area (Å²) in [7, 11) is -7.52. The number of fused-ring (bicyclic) bond motifs is 1. The summed E-state index contributed by atoms with van der Waals surface area (Å²) in [6.07, 6.45) is 0.962. The van der Waals surface area contributed by atoms with Crippen molar-refractivity contribution >= 4 is 52.8 Å². The topological polar surface area (TPSA) is 151 Å². The molecule has 0 bridgehead atoms. The molecular formula is C12H15BrN4O5S2. The highest BCUT2D eigenvalue weighted by molar-refractivity contribution is 9.10. The number of carbonyl (C=O) groups is 1. The van der Waals surface area contributed by atoms with E-state index in [2.05, 4.69) is 30.4 Å². The van der Waals surface area contributed by atoms with Crippen LogP contribution in [0.4, 0.5) is 0 Å². The van der Waals surface area contributed by atoms with Gasteiger partial charge in [-0.1, -0.05) is 15.9 Å².